The number of hydrogen-bond donors (Lipinski definition) is 1. The molecule has 0 aromatic heterocycles. The number of carbonyl (C=O) groups excluding carboxylic acids is 1. The van der Waals surface area contributed by atoms with Crippen molar-refractivity contribution >= 4 is 21.6 Å². The van der Waals surface area contributed by atoms with E-state index in [0.717, 1.165) is 30.8 Å². The van der Waals surface area contributed by atoms with Gasteiger partial charge in [-0.05, 0) is 67.2 Å². The number of anilines is 1. The standard InChI is InChI=1S/C28H33N3O3S/c1-2-25-13-6-7-16-27(25)31(35(33,34)26-14-4-3-5-15-26)22-28(32)29-20-23-11-10-12-24(19-23)21-30-17-8-9-18-30/h3-7,10-16,19H,2,8-9,17-18,20-22H2,1H3,(H,29,32). The van der Waals surface area contributed by atoms with E-state index in [1.54, 1.807) is 42.5 Å². The average molecular weight is 492 g/mol. The van der Waals surface area contributed by atoms with E-state index in [1.807, 2.05) is 31.2 Å². The number of nitrogens with zero attached hydrogens (tertiary/aromatic N) is 2. The molecule has 0 unspecified atom stereocenters. The molecule has 0 spiro atoms. The summed E-state index contributed by atoms with van der Waals surface area (Å²) < 4.78 is 28.3. The van der Waals surface area contributed by atoms with E-state index in [2.05, 4.69) is 22.3 Å². The first kappa shape index (κ1) is 24.9. The molecule has 1 aliphatic rings. The summed E-state index contributed by atoms with van der Waals surface area (Å²) in [5.41, 5.74) is 3.63. The summed E-state index contributed by atoms with van der Waals surface area (Å²) in [6.45, 7) is 5.21. The molecule has 7 heteroatoms. The molecule has 1 saturated heterocycles. The fraction of sp³-hybridized carbons (Fsp3) is 0.321. The molecule has 1 N–H and O–H groups in total. The van der Waals surface area contributed by atoms with Crippen LogP contribution in [0.4, 0.5) is 5.69 Å². The minimum Gasteiger partial charge on any atom is -0.350 e. The second-order valence-electron chi connectivity index (χ2n) is 8.89. The minimum atomic E-state index is -3.92. The Morgan fingerprint density at radius 1 is 0.914 bits per heavy atom. The van der Waals surface area contributed by atoms with Crippen LogP contribution in [0.5, 0.6) is 0 Å². The molecule has 1 heterocycles. The molecule has 3 aromatic rings. The molecule has 0 bridgehead atoms. The van der Waals surface area contributed by atoms with E-state index in [-0.39, 0.29) is 17.3 Å². The maximum Gasteiger partial charge on any atom is 0.264 e. The Morgan fingerprint density at radius 2 is 1.60 bits per heavy atom. The summed E-state index contributed by atoms with van der Waals surface area (Å²) in [5, 5.41) is 2.92. The topological polar surface area (TPSA) is 69.7 Å². The summed E-state index contributed by atoms with van der Waals surface area (Å²) in [5.74, 6) is -0.347. The van der Waals surface area contributed by atoms with E-state index < -0.39 is 10.0 Å². The highest BCUT2D eigenvalue weighted by molar-refractivity contribution is 7.92. The zero-order chi connectivity index (χ0) is 24.7. The van der Waals surface area contributed by atoms with Gasteiger partial charge in [-0.25, -0.2) is 8.42 Å². The molecule has 6 nitrogen and oxygen atoms in total. The van der Waals surface area contributed by atoms with Crippen molar-refractivity contribution in [1.29, 1.82) is 0 Å². The molecule has 184 valence electrons. The van der Waals surface area contributed by atoms with Gasteiger partial charge in [-0.15, -0.1) is 0 Å². The number of amides is 1. The van der Waals surface area contributed by atoms with Gasteiger partial charge in [0, 0.05) is 13.1 Å². The number of hydrogen-bond acceptors (Lipinski definition) is 4. The number of aryl methyl sites for hydroxylation is 1. The third-order valence-corrected chi connectivity index (χ3v) is 8.12. The Kier molecular flexibility index (Phi) is 8.21. The minimum absolute atomic E-state index is 0.160. The highest BCUT2D eigenvalue weighted by Crippen LogP contribution is 2.27. The van der Waals surface area contributed by atoms with Crippen LogP contribution >= 0.6 is 0 Å². The molecule has 1 fully saturated rings. The maximum absolute atomic E-state index is 13.6. The number of sulfonamides is 1. The van der Waals surface area contributed by atoms with Gasteiger partial charge in [-0.1, -0.05) is 67.6 Å². The van der Waals surface area contributed by atoms with Gasteiger partial charge in [0.2, 0.25) is 5.91 Å². The molecular weight excluding hydrogens is 458 g/mol. The molecule has 0 radical (unpaired) electrons. The smallest absolute Gasteiger partial charge is 0.264 e. The van der Waals surface area contributed by atoms with Gasteiger partial charge >= 0.3 is 0 Å². The lowest BCUT2D eigenvalue weighted by Crippen LogP contribution is -2.41. The first-order valence-corrected chi connectivity index (χ1v) is 13.6. The number of nitrogens with one attached hydrogen (secondary N) is 1. The fourth-order valence-corrected chi connectivity index (χ4v) is 5.98. The molecule has 0 aliphatic carbocycles. The summed E-state index contributed by atoms with van der Waals surface area (Å²) in [4.78, 5) is 15.6. The van der Waals surface area contributed by atoms with Crippen molar-refractivity contribution in [2.45, 2.75) is 44.2 Å². The van der Waals surface area contributed by atoms with Gasteiger partial charge in [-0.2, -0.15) is 0 Å². The molecule has 4 rings (SSSR count). The molecule has 3 aromatic carbocycles. The van der Waals surface area contributed by atoms with Crippen LogP contribution < -0.4 is 9.62 Å². The summed E-state index contributed by atoms with van der Waals surface area (Å²) in [6, 6.07) is 23.8. The maximum atomic E-state index is 13.6. The van der Waals surface area contributed by atoms with Crippen molar-refractivity contribution in [3.8, 4) is 0 Å². The zero-order valence-electron chi connectivity index (χ0n) is 20.2. The number of para-hydroxylation sites is 1. The normalized spacial score (nSPS) is 14.1. The number of rotatable bonds is 10. The Hall–Kier alpha value is -3.16. The fourth-order valence-electron chi connectivity index (χ4n) is 4.50. The number of benzene rings is 3. The molecule has 0 saturated carbocycles. The van der Waals surface area contributed by atoms with Crippen LogP contribution in [0, 0.1) is 0 Å². The van der Waals surface area contributed by atoms with Gasteiger partial charge in [0.25, 0.3) is 10.0 Å². The Bertz CT molecular complexity index is 1240. The van der Waals surface area contributed by atoms with E-state index in [4.69, 9.17) is 0 Å². The van der Waals surface area contributed by atoms with Gasteiger partial charge in [0.1, 0.15) is 6.54 Å². The summed E-state index contributed by atoms with van der Waals surface area (Å²) in [6.07, 6.45) is 3.15. The van der Waals surface area contributed by atoms with E-state index in [0.29, 0.717) is 18.7 Å². The molecule has 1 aliphatic heterocycles. The van der Waals surface area contributed by atoms with Crippen LogP contribution in [-0.2, 0) is 34.3 Å². The summed E-state index contributed by atoms with van der Waals surface area (Å²) >= 11 is 0. The quantitative estimate of drug-likeness (QED) is 0.458. The van der Waals surface area contributed by atoms with Gasteiger partial charge in [-0.3, -0.25) is 14.0 Å². The Morgan fingerprint density at radius 3 is 2.34 bits per heavy atom. The Balaban J connectivity index is 1.50. The number of carbonyl (C=O) groups is 1. The van der Waals surface area contributed by atoms with Crippen LogP contribution in [0.3, 0.4) is 0 Å². The van der Waals surface area contributed by atoms with E-state index in [1.165, 1.54) is 22.7 Å². The van der Waals surface area contributed by atoms with Gasteiger partial charge in [0.05, 0.1) is 10.6 Å². The lowest BCUT2D eigenvalue weighted by Gasteiger charge is -2.26. The lowest BCUT2D eigenvalue weighted by atomic mass is 10.1. The zero-order valence-corrected chi connectivity index (χ0v) is 21.0. The predicted molar refractivity (Wildman–Crippen MR) is 140 cm³/mol. The van der Waals surface area contributed by atoms with Crippen molar-refractivity contribution in [2.24, 2.45) is 0 Å². The van der Waals surface area contributed by atoms with Crippen molar-refractivity contribution in [3.63, 3.8) is 0 Å². The largest absolute Gasteiger partial charge is 0.350 e. The lowest BCUT2D eigenvalue weighted by molar-refractivity contribution is -0.119. The van der Waals surface area contributed by atoms with E-state index in [9.17, 15) is 13.2 Å². The molecular formula is C28H33N3O3S. The highest BCUT2D eigenvalue weighted by atomic mass is 32.2. The first-order chi connectivity index (χ1) is 17.0. The molecule has 1 amide bonds. The monoisotopic (exact) mass is 491 g/mol. The summed E-state index contributed by atoms with van der Waals surface area (Å²) in [7, 11) is -3.92. The number of likely N-dealkylation sites (tertiary alicyclic amines) is 1. The van der Waals surface area contributed by atoms with Crippen LogP contribution in [-0.4, -0.2) is 38.9 Å². The van der Waals surface area contributed by atoms with Crippen LogP contribution in [0.1, 0.15) is 36.5 Å². The second-order valence-corrected chi connectivity index (χ2v) is 10.7. The van der Waals surface area contributed by atoms with Crippen molar-refractivity contribution < 1.29 is 13.2 Å². The predicted octanol–water partition coefficient (Wildman–Crippen LogP) is 4.36. The van der Waals surface area contributed by atoms with Gasteiger partial charge in [0.15, 0.2) is 0 Å². The first-order valence-electron chi connectivity index (χ1n) is 12.2. The van der Waals surface area contributed by atoms with Gasteiger partial charge < -0.3 is 5.32 Å². The van der Waals surface area contributed by atoms with Crippen molar-refractivity contribution in [1.82, 2.24) is 10.2 Å². The van der Waals surface area contributed by atoms with Crippen LogP contribution in [0.2, 0.25) is 0 Å². The van der Waals surface area contributed by atoms with Crippen molar-refractivity contribution in [2.75, 3.05) is 23.9 Å². The van der Waals surface area contributed by atoms with E-state index >= 15 is 0 Å². The Labute approximate surface area is 208 Å². The van der Waals surface area contributed by atoms with Crippen molar-refractivity contribution in [3.05, 3.63) is 95.6 Å². The van der Waals surface area contributed by atoms with Crippen LogP contribution in [0.25, 0.3) is 0 Å². The third-order valence-electron chi connectivity index (χ3n) is 6.35. The third kappa shape index (κ3) is 6.29. The van der Waals surface area contributed by atoms with Crippen LogP contribution in [0.15, 0.2) is 83.8 Å². The SMILES string of the molecule is CCc1ccccc1N(CC(=O)NCc1cccc(CN2CCCC2)c1)S(=O)(=O)c1ccccc1. The second kappa shape index (κ2) is 11.5. The highest BCUT2D eigenvalue weighted by Gasteiger charge is 2.28. The average Bonchev–Trinajstić information content (AvgIpc) is 3.40. The molecule has 0 atom stereocenters. The molecule has 35 heavy (non-hydrogen) atoms.